The lowest BCUT2D eigenvalue weighted by molar-refractivity contribution is -0.659. The summed E-state index contributed by atoms with van der Waals surface area (Å²) in [5.41, 5.74) is 0.0247. The quantitative estimate of drug-likeness (QED) is 0.148. The largest absolute Gasteiger partial charge is 0.618 e. The number of aryl methyl sites for hydroxylation is 1. The molecule has 0 bridgehead atoms. The molecule has 41 heavy (non-hydrogen) atoms. The van der Waals surface area contributed by atoms with Gasteiger partial charge in [0, 0.05) is 17.6 Å². The molecule has 0 aliphatic rings. The summed E-state index contributed by atoms with van der Waals surface area (Å²) in [6, 6.07) is 4.54. The van der Waals surface area contributed by atoms with E-state index >= 15 is 4.39 Å². The first-order valence-electron chi connectivity index (χ1n) is 11.9. The van der Waals surface area contributed by atoms with Gasteiger partial charge < -0.3 is 9.94 Å². The second-order valence-corrected chi connectivity index (χ2v) is 9.13. The van der Waals surface area contributed by atoms with Crippen LogP contribution in [-0.4, -0.2) is 48.1 Å². The summed E-state index contributed by atoms with van der Waals surface area (Å²) in [6.45, 7) is -1.69. The molecule has 0 unspecified atom stereocenters. The summed E-state index contributed by atoms with van der Waals surface area (Å²) in [5, 5.41) is 31.0. The van der Waals surface area contributed by atoms with E-state index in [0.717, 1.165) is 17.1 Å². The Bertz CT molecular complexity index is 1670. The highest BCUT2D eigenvalue weighted by Crippen LogP contribution is 2.32. The number of alkyl halides is 4. The number of H-pyrrole nitrogens is 1. The third-order valence-corrected chi connectivity index (χ3v) is 6.51. The summed E-state index contributed by atoms with van der Waals surface area (Å²) in [4.78, 5) is 0. The van der Waals surface area contributed by atoms with Gasteiger partial charge in [-0.1, -0.05) is 16.8 Å². The zero-order chi connectivity index (χ0) is 29.3. The lowest BCUT2D eigenvalue weighted by Crippen LogP contribution is -2.36. The second-order valence-electron chi connectivity index (χ2n) is 8.72. The van der Waals surface area contributed by atoms with Gasteiger partial charge >= 0.3 is 13.0 Å². The van der Waals surface area contributed by atoms with Crippen molar-refractivity contribution in [3.05, 3.63) is 88.6 Å². The summed E-state index contributed by atoms with van der Waals surface area (Å²) < 4.78 is 75.9. The minimum Gasteiger partial charge on any atom is -0.618 e. The van der Waals surface area contributed by atoms with Crippen LogP contribution in [0.4, 0.5) is 22.0 Å². The fourth-order valence-corrected chi connectivity index (χ4v) is 4.46. The number of hydrogen-bond donors (Lipinski definition) is 1. The topological polar surface area (TPSA) is 117 Å². The van der Waals surface area contributed by atoms with Gasteiger partial charge in [-0.05, 0) is 25.1 Å². The molecule has 0 amide bonds. The molecule has 0 saturated heterocycles. The van der Waals surface area contributed by atoms with Crippen molar-refractivity contribution in [2.45, 2.75) is 32.4 Å². The van der Waals surface area contributed by atoms with E-state index in [2.05, 4.69) is 30.3 Å². The van der Waals surface area contributed by atoms with Crippen molar-refractivity contribution in [2.75, 3.05) is 6.61 Å². The Balaban J connectivity index is 1.55. The molecule has 11 nitrogen and oxygen atoms in total. The molecule has 0 radical (unpaired) electrons. The molecule has 1 aromatic carbocycles. The number of aromatic amines is 1. The predicted molar refractivity (Wildman–Crippen MR) is 131 cm³/mol. The fraction of sp³-hybridized carbons (Fsp3) is 0.250. The average Bonchev–Trinajstić information content (AvgIpc) is 3.69. The molecule has 214 valence electrons. The Morgan fingerprint density at radius 1 is 1.15 bits per heavy atom. The highest BCUT2D eigenvalue weighted by Gasteiger charge is 2.28. The first-order chi connectivity index (χ1) is 19.6. The van der Waals surface area contributed by atoms with Gasteiger partial charge in [-0.3, -0.25) is 9.25 Å². The number of ether oxygens (including phenoxy) is 1. The van der Waals surface area contributed by atoms with Crippen molar-refractivity contribution in [3.8, 4) is 22.5 Å². The Kier molecular flexibility index (Phi) is 7.94. The molecule has 4 heterocycles. The van der Waals surface area contributed by atoms with Crippen LogP contribution in [0.5, 0.6) is 0 Å². The van der Waals surface area contributed by atoms with Crippen LogP contribution < -0.4 is 9.41 Å². The number of aromatic nitrogens is 9. The van der Waals surface area contributed by atoms with Gasteiger partial charge in [0.05, 0.1) is 40.8 Å². The van der Waals surface area contributed by atoms with Crippen LogP contribution in [0, 0.1) is 17.9 Å². The molecule has 0 fully saturated rings. The molecular formula is C24H20ClF5N9O2+. The van der Waals surface area contributed by atoms with Crippen LogP contribution >= 0.6 is 11.6 Å². The highest BCUT2D eigenvalue weighted by molar-refractivity contribution is 6.31. The summed E-state index contributed by atoms with van der Waals surface area (Å²) in [6.07, 6.45) is 3.65. The lowest BCUT2D eigenvalue weighted by Gasteiger charge is -2.18. The summed E-state index contributed by atoms with van der Waals surface area (Å²) in [7, 11) is 0. The molecule has 5 rings (SSSR count). The smallest absolute Gasteiger partial charge is 0.345 e. The molecular weight excluding hydrogens is 577 g/mol. The Morgan fingerprint density at radius 2 is 1.95 bits per heavy atom. The summed E-state index contributed by atoms with van der Waals surface area (Å²) in [5.74, 6) is -0.332. The standard InChI is InChI=1S/C24H19ClF5N9O2/c1-13-33-31-12-36(13)15-8-32-37(10-15)18(6-7-41-24(29)30)19-4-2-14(9-39(19)40)21-20(5-3-16(25)22(21)26)38-11-17(23(27)28)34-35-38/h2-5,8-12,18,23-24H,6-7H2,1H3/p+1/t18-/m1/s1. The number of benzene rings is 1. The van der Waals surface area contributed by atoms with Crippen LogP contribution in [0.2, 0.25) is 5.02 Å². The van der Waals surface area contributed by atoms with Crippen molar-refractivity contribution in [1.82, 2.24) is 34.9 Å². The maximum atomic E-state index is 15.3. The highest BCUT2D eigenvalue weighted by atomic mass is 35.5. The van der Waals surface area contributed by atoms with Crippen molar-refractivity contribution in [1.29, 1.82) is 0 Å². The molecule has 17 heteroatoms. The zero-order valence-corrected chi connectivity index (χ0v) is 21.8. The van der Waals surface area contributed by atoms with Crippen molar-refractivity contribution in [3.63, 3.8) is 0 Å². The average molecular weight is 597 g/mol. The minimum atomic E-state index is -3.01. The third kappa shape index (κ3) is 5.74. The molecule has 0 saturated carbocycles. The van der Waals surface area contributed by atoms with E-state index < -0.39 is 37.2 Å². The number of hydrogen-bond acceptors (Lipinski definition) is 6. The zero-order valence-electron chi connectivity index (χ0n) is 21.0. The number of nitrogens with one attached hydrogen (secondary N) is 1. The van der Waals surface area contributed by atoms with Crippen LogP contribution in [0.1, 0.15) is 36.1 Å². The SMILES string of the molecule is Cc1nncn1-c1cnn([C@H](CCOC(F)F)c2ccc(-c3c(-[n+]4cc(C(F)F)n[nH]4)ccc(Cl)c3F)c[n+]2[O-])c1. The van der Waals surface area contributed by atoms with E-state index in [-0.39, 0.29) is 34.0 Å². The van der Waals surface area contributed by atoms with Gasteiger partial charge in [0.25, 0.3) is 5.69 Å². The van der Waals surface area contributed by atoms with Gasteiger partial charge in [0.2, 0.25) is 5.69 Å². The summed E-state index contributed by atoms with van der Waals surface area (Å²) >= 11 is 6.01. The minimum absolute atomic E-state index is 0.0574. The van der Waals surface area contributed by atoms with Crippen LogP contribution in [-0.2, 0) is 4.74 Å². The molecule has 0 aliphatic heterocycles. The van der Waals surface area contributed by atoms with Gasteiger partial charge in [-0.25, -0.2) is 13.2 Å². The van der Waals surface area contributed by atoms with E-state index in [1.165, 1.54) is 41.5 Å². The molecule has 4 aromatic heterocycles. The van der Waals surface area contributed by atoms with E-state index in [1.807, 2.05) is 0 Å². The second kappa shape index (κ2) is 11.6. The van der Waals surface area contributed by atoms with Gasteiger partial charge in [-0.15, -0.1) is 14.9 Å². The van der Waals surface area contributed by atoms with Gasteiger partial charge in [-0.2, -0.15) is 18.6 Å². The van der Waals surface area contributed by atoms with Crippen molar-refractivity contribution >= 4 is 11.6 Å². The maximum absolute atomic E-state index is 15.3. The Labute approximate surface area is 233 Å². The number of pyridine rings is 1. The monoisotopic (exact) mass is 596 g/mol. The molecule has 5 aromatic rings. The Hall–Kier alpha value is -4.44. The predicted octanol–water partition coefficient (Wildman–Crippen LogP) is 4.02. The van der Waals surface area contributed by atoms with Gasteiger partial charge in [0.15, 0.2) is 23.9 Å². The maximum Gasteiger partial charge on any atom is 0.345 e. The number of halogens is 6. The molecule has 0 spiro atoms. The van der Waals surface area contributed by atoms with Crippen molar-refractivity contribution < 1.29 is 36.1 Å². The van der Waals surface area contributed by atoms with Crippen LogP contribution in [0.15, 0.2) is 55.4 Å². The number of nitrogens with zero attached hydrogens (tertiary/aromatic N) is 8. The number of rotatable bonds is 10. The molecule has 0 aliphatic carbocycles. The van der Waals surface area contributed by atoms with E-state index in [4.69, 9.17) is 11.6 Å². The van der Waals surface area contributed by atoms with Crippen LogP contribution in [0.25, 0.3) is 22.5 Å². The third-order valence-electron chi connectivity index (χ3n) is 6.22. The van der Waals surface area contributed by atoms with Crippen LogP contribution in [0.3, 0.4) is 0 Å². The van der Waals surface area contributed by atoms with E-state index in [0.29, 0.717) is 16.2 Å². The van der Waals surface area contributed by atoms with Gasteiger partial charge in [0.1, 0.15) is 18.2 Å². The first-order valence-corrected chi connectivity index (χ1v) is 12.3. The van der Waals surface area contributed by atoms with Crippen molar-refractivity contribution in [2.24, 2.45) is 0 Å². The Morgan fingerprint density at radius 3 is 2.61 bits per heavy atom. The first kappa shape index (κ1) is 28.1. The molecule has 1 atom stereocenters. The molecule has 1 N–H and O–H groups in total. The fourth-order valence-electron chi connectivity index (χ4n) is 4.30. The van der Waals surface area contributed by atoms with E-state index in [1.54, 1.807) is 17.7 Å². The lowest BCUT2D eigenvalue weighted by atomic mass is 10.0. The normalized spacial score (nSPS) is 12.5. The van der Waals surface area contributed by atoms with E-state index in [9.17, 15) is 22.8 Å².